The molecule has 3 rings (SSSR count). The molecule has 39 heavy (non-hydrogen) atoms. The van der Waals surface area contributed by atoms with Crippen molar-refractivity contribution in [1.29, 1.82) is 0 Å². The summed E-state index contributed by atoms with van der Waals surface area (Å²) in [5.41, 5.74) is 3.15. The number of carbonyl (C=O) groups excluding carboxylic acids is 2. The lowest BCUT2D eigenvalue weighted by atomic mass is 10.0. The fraction of sp³-hybridized carbons (Fsp3) is 0.533. The molecule has 1 saturated heterocycles. The van der Waals surface area contributed by atoms with Crippen LogP contribution in [0.5, 0.6) is 0 Å². The van der Waals surface area contributed by atoms with E-state index in [2.05, 4.69) is 0 Å². The van der Waals surface area contributed by atoms with Gasteiger partial charge in [-0.2, -0.15) is 4.31 Å². The van der Waals surface area contributed by atoms with Crippen molar-refractivity contribution >= 4 is 21.8 Å². The summed E-state index contributed by atoms with van der Waals surface area (Å²) >= 11 is 0. The van der Waals surface area contributed by atoms with Gasteiger partial charge in [-0.25, -0.2) is 8.42 Å². The van der Waals surface area contributed by atoms with E-state index in [4.69, 9.17) is 4.74 Å². The molecule has 0 aromatic heterocycles. The van der Waals surface area contributed by atoms with E-state index < -0.39 is 10.0 Å². The number of carbonyl (C=O) groups is 2. The van der Waals surface area contributed by atoms with Gasteiger partial charge in [-0.3, -0.25) is 9.59 Å². The van der Waals surface area contributed by atoms with Gasteiger partial charge in [0.25, 0.3) is 0 Å². The van der Waals surface area contributed by atoms with E-state index in [1.807, 2.05) is 80.3 Å². The molecule has 0 N–H and O–H groups in total. The maximum Gasteiger partial charge on any atom is 0.248 e. The van der Waals surface area contributed by atoms with Crippen molar-refractivity contribution in [2.45, 2.75) is 59.7 Å². The molecule has 214 valence electrons. The van der Waals surface area contributed by atoms with Crippen molar-refractivity contribution in [2.24, 2.45) is 5.92 Å². The number of amides is 2. The summed E-state index contributed by atoms with van der Waals surface area (Å²) in [6.45, 7) is 9.50. The number of piperidine rings is 1. The van der Waals surface area contributed by atoms with Crippen molar-refractivity contribution in [3.63, 3.8) is 0 Å². The highest BCUT2D eigenvalue weighted by Gasteiger charge is 2.32. The third-order valence-electron chi connectivity index (χ3n) is 7.03. The number of benzene rings is 2. The first-order valence-electron chi connectivity index (χ1n) is 13.8. The minimum Gasteiger partial charge on any atom is -0.367 e. The number of likely N-dealkylation sites (tertiary alicyclic amines) is 1. The first kappa shape index (κ1) is 30.8. The SMILES string of the molecule is CCS(=O)(=O)N(CC(=O)N(Cc1ccc(C)cc1)C1CCN(C(=O)COCc2ccccc2)CC1)CC(C)C. The van der Waals surface area contributed by atoms with Crippen molar-refractivity contribution in [2.75, 3.05) is 38.5 Å². The Balaban J connectivity index is 1.66. The molecular weight excluding hydrogens is 514 g/mol. The molecule has 0 spiro atoms. The number of aryl methyl sites for hydroxylation is 1. The monoisotopic (exact) mass is 557 g/mol. The summed E-state index contributed by atoms with van der Waals surface area (Å²) in [5, 5.41) is 0. The molecule has 0 aliphatic carbocycles. The van der Waals surface area contributed by atoms with E-state index in [0.717, 1.165) is 16.7 Å². The Labute approximate surface area is 234 Å². The fourth-order valence-electron chi connectivity index (χ4n) is 4.77. The Bertz CT molecular complexity index is 1160. The highest BCUT2D eigenvalue weighted by molar-refractivity contribution is 7.89. The minimum atomic E-state index is -3.52. The van der Waals surface area contributed by atoms with Crippen LogP contribution in [0.2, 0.25) is 0 Å². The van der Waals surface area contributed by atoms with Gasteiger partial charge in [0.05, 0.1) is 18.9 Å². The summed E-state index contributed by atoms with van der Waals surface area (Å²) in [7, 11) is -3.52. The van der Waals surface area contributed by atoms with Gasteiger partial charge in [0, 0.05) is 32.2 Å². The third-order valence-corrected chi connectivity index (χ3v) is 8.82. The van der Waals surface area contributed by atoms with Crippen LogP contribution in [0, 0.1) is 12.8 Å². The average molecular weight is 558 g/mol. The summed E-state index contributed by atoms with van der Waals surface area (Å²) in [6.07, 6.45) is 1.26. The van der Waals surface area contributed by atoms with Gasteiger partial charge in [-0.05, 0) is 43.7 Å². The molecule has 2 aromatic rings. The highest BCUT2D eigenvalue weighted by Crippen LogP contribution is 2.21. The lowest BCUT2D eigenvalue weighted by Gasteiger charge is -2.39. The zero-order valence-electron chi connectivity index (χ0n) is 23.7. The van der Waals surface area contributed by atoms with Crippen LogP contribution >= 0.6 is 0 Å². The quantitative estimate of drug-likeness (QED) is 0.374. The van der Waals surface area contributed by atoms with E-state index in [1.165, 1.54) is 4.31 Å². The second-order valence-electron chi connectivity index (χ2n) is 10.7. The molecule has 2 aromatic carbocycles. The smallest absolute Gasteiger partial charge is 0.248 e. The van der Waals surface area contributed by atoms with Crippen molar-refractivity contribution in [1.82, 2.24) is 14.1 Å². The summed E-state index contributed by atoms with van der Waals surface area (Å²) in [4.78, 5) is 30.0. The Morgan fingerprint density at radius 1 is 1.00 bits per heavy atom. The van der Waals surface area contributed by atoms with E-state index >= 15 is 0 Å². The number of hydrogen-bond acceptors (Lipinski definition) is 5. The van der Waals surface area contributed by atoms with Crippen LogP contribution in [-0.4, -0.2) is 78.9 Å². The number of nitrogens with zero attached hydrogens (tertiary/aromatic N) is 3. The normalized spacial score (nSPS) is 14.7. The zero-order valence-corrected chi connectivity index (χ0v) is 24.5. The van der Waals surface area contributed by atoms with Gasteiger partial charge in [0.2, 0.25) is 21.8 Å². The van der Waals surface area contributed by atoms with Crippen LogP contribution in [0.25, 0.3) is 0 Å². The third kappa shape index (κ3) is 9.44. The second kappa shape index (κ2) is 14.6. The highest BCUT2D eigenvalue weighted by atomic mass is 32.2. The molecule has 8 nitrogen and oxygen atoms in total. The van der Waals surface area contributed by atoms with Crippen LogP contribution in [0.15, 0.2) is 54.6 Å². The van der Waals surface area contributed by atoms with Crippen molar-refractivity contribution in [3.8, 4) is 0 Å². The molecule has 1 heterocycles. The molecule has 1 aliphatic rings. The van der Waals surface area contributed by atoms with Crippen LogP contribution in [0.1, 0.15) is 50.3 Å². The predicted octanol–water partition coefficient (Wildman–Crippen LogP) is 3.84. The van der Waals surface area contributed by atoms with Crippen LogP contribution in [-0.2, 0) is 37.5 Å². The lowest BCUT2D eigenvalue weighted by molar-refractivity contribution is -0.140. The molecule has 2 amide bonds. The molecule has 0 radical (unpaired) electrons. The fourth-order valence-corrected chi connectivity index (χ4v) is 5.97. The van der Waals surface area contributed by atoms with E-state index in [-0.39, 0.29) is 42.7 Å². The number of rotatable bonds is 13. The van der Waals surface area contributed by atoms with Gasteiger partial charge in [0.15, 0.2) is 0 Å². The zero-order chi connectivity index (χ0) is 28.4. The molecule has 0 bridgehead atoms. The van der Waals surface area contributed by atoms with Crippen molar-refractivity contribution < 1.29 is 22.7 Å². The second-order valence-corrected chi connectivity index (χ2v) is 12.9. The predicted molar refractivity (Wildman–Crippen MR) is 153 cm³/mol. The van der Waals surface area contributed by atoms with E-state index in [1.54, 1.807) is 11.8 Å². The topological polar surface area (TPSA) is 87.2 Å². The molecule has 0 atom stereocenters. The Morgan fingerprint density at radius 3 is 2.23 bits per heavy atom. The average Bonchev–Trinajstić information content (AvgIpc) is 2.92. The van der Waals surface area contributed by atoms with Crippen LogP contribution < -0.4 is 0 Å². The van der Waals surface area contributed by atoms with Gasteiger partial charge < -0.3 is 14.5 Å². The van der Waals surface area contributed by atoms with E-state index in [9.17, 15) is 18.0 Å². The maximum atomic E-state index is 13.7. The molecular formula is C30H43N3O5S. The molecule has 1 fully saturated rings. The van der Waals surface area contributed by atoms with Gasteiger partial charge in [-0.1, -0.05) is 74.0 Å². The Kier molecular flexibility index (Phi) is 11.5. The Hall–Kier alpha value is -2.75. The number of hydrogen-bond donors (Lipinski definition) is 0. The largest absolute Gasteiger partial charge is 0.367 e. The lowest BCUT2D eigenvalue weighted by Crippen LogP contribution is -2.52. The number of ether oxygens (including phenoxy) is 1. The maximum absolute atomic E-state index is 13.7. The summed E-state index contributed by atoms with van der Waals surface area (Å²) in [5.74, 6) is -0.206. The molecule has 9 heteroatoms. The molecule has 0 unspecified atom stereocenters. The Morgan fingerprint density at radius 2 is 1.64 bits per heavy atom. The van der Waals surface area contributed by atoms with E-state index in [0.29, 0.717) is 45.6 Å². The van der Waals surface area contributed by atoms with Gasteiger partial charge in [0.1, 0.15) is 6.61 Å². The van der Waals surface area contributed by atoms with Gasteiger partial charge >= 0.3 is 0 Å². The first-order valence-corrected chi connectivity index (χ1v) is 15.4. The summed E-state index contributed by atoms with van der Waals surface area (Å²) < 4.78 is 32.5. The standard InChI is InChI=1S/C30H43N3O5S/c1-5-39(36,37)32(19-24(2)3)21-29(34)33(20-26-13-11-25(4)12-14-26)28-15-17-31(18-16-28)30(35)23-38-22-27-9-7-6-8-10-27/h6-14,24,28H,5,15-23H2,1-4H3. The first-order chi connectivity index (χ1) is 18.6. The van der Waals surface area contributed by atoms with Crippen molar-refractivity contribution in [3.05, 3.63) is 71.3 Å². The van der Waals surface area contributed by atoms with Crippen LogP contribution in [0.4, 0.5) is 0 Å². The molecule has 1 aliphatic heterocycles. The van der Waals surface area contributed by atoms with Crippen LogP contribution in [0.3, 0.4) is 0 Å². The minimum absolute atomic E-state index is 0.0185. The van der Waals surface area contributed by atoms with Gasteiger partial charge in [-0.15, -0.1) is 0 Å². The number of sulfonamides is 1. The molecule has 0 saturated carbocycles. The summed E-state index contributed by atoms with van der Waals surface area (Å²) in [6, 6.07) is 17.7.